The Hall–Kier alpha value is -2.20. The molecule has 104 valence electrons. The van der Waals surface area contributed by atoms with Gasteiger partial charge in [0.1, 0.15) is 0 Å². The molecule has 1 amide bonds. The summed E-state index contributed by atoms with van der Waals surface area (Å²) in [5, 5.41) is 3.94. The zero-order valence-corrected chi connectivity index (χ0v) is 11.8. The van der Waals surface area contributed by atoms with Crippen molar-refractivity contribution in [2.24, 2.45) is 5.73 Å². The average molecular weight is 290 g/mol. The molecule has 0 heterocycles. The Morgan fingerprint density at radius 1 is 1.20 bits per heavy atom. The van der Waals surface area contributed by atoms with Gasteiger partial charge < -0.3 is 16.8 Å². The van der Waals surface area contributed by atoms with Crippen molar-refractivity contribution in [3.8, 4) is 0 Å². The summed E-state index contributed by atoms with van der Waals surface area (Å²) in [6, 6.07) is 12.6. The van der Waals surface area contributed by atoms with Crippen LogP contribution in [-0.4, -0.2) is 5.91 Å². The van der Waals surface area contributed by atoms with Gasteiger partial charge in [-0.2, -0.15) is 0 Å². The third kappa shape index (κ3) is 3.22. The molecule has 0 aliphatic heterocycles. The molecule has 20 heavy (non-hydrogen) atoms. The fourth-order valence-corrected chi connectivity index (χ4v) is 2.09. The molecule has 0 bridgehead atoms. The number of carbonyl (C=O) groups excluding carboxylic acids is 1. The van der Waals surface area contributed by atoms with Gasteiger partial charge in [-0.3, -0.25) is 4.79 Å². The lowest BCUT2D eigenvalue weighted by molar-refractivity contribution is 0.100. The number of anilines is 2. The molecule has 5 heteroatoms. The van der Waals surface area contributed by atoms with Gasteiger partial charge in [-0.15, -0.1) is 0 Å². The quantitative estimate of drug-likeness (QED) is 0.756. The van der Waals surface area contributed by atoms with E-state index in [0.29, 0.717) is 22.0 Å². The SMILES string of the molecule is CC(Nc1ccc(N)cc1C(N)=O)c1ccc(Cl)cc1. The Kier molecular flexibility index (Phi) is 4.15. The summed E-state index contributed by atoms with van der Waals surface area (Å²) in [4.78, 5) is 11.4. The highest BCUT2D eigenvalue weighted by Crippen LogP contribution is 2.24. The normalized spacial score (nSPS) is 11.9. The number of nitrogen functional groups attached to an aromatic ring is 1. The van der Waals surface area contributed by atoms with Gasteiger partial charge in [-0.25, -0.2) is 0 Å². The fraction of sp³-hybridized carbons (Fsp3) is 0.133. The van der Waals surface area contributed by atoms with Crippen LogP contribution in [0, 0.1) is 0 Å². The van der Waals surface area contributed by atoms with E-state index in [1.807, 2.05) is 31.2 Å². The van der Waals surface area contributed by atoms with E-state index in [0.717, 1.165) is 5.56 Å². The molecule has 2 rings (SSSR count). The molecule has 0 aliphatic carbocycles. The van der Waals surface area contributed by atoms with Gasteiger partial charge in [0.25, 0.3) is 5.91 Å². The van der Waals surface area contributed by atoms with Gasteiger partial charge in [0.2, 0.25) is 0 Å². The first kappa shape index (κ1) is 14.2. The number of carbonyl (C=O) groups is 1. The lowest BCUT2D eigenvalue weighted by Crippen LogP contribution is -2.16. The predicted octanol–water partition coefficient (Wildman–Crippen LogP) is 3.19. The molecule has 0 fully saturated rings. The van der Waals surface area contributed by atoms with E-state index < -0.39 is 5.91 Å². The second kappa shape index (κ2) is 5.84. The van der Waals surface area contributed by atoms with Crippen molar-refractivity contribution in [2.75, 3.05) is 11.1 Å². The molecule has 0 saturated heterocycles. The van der Waals surface area contributed by atoms with Crippen molar-refractivity contribution in [1.82, 2.24) is 0 Å². The number of nitrogens with two attached hydrogens (primary N) is 2. The van der Waals surface area contributed by atoms with Gasteiger partial charge in [0, 0.05) is 22.4 Å². The van der Waals surface area contributed by atoms with Gasteiger partial charge in [0.15, 0.2) is 0 Å². The van der Waals surface area contributed by atoms with Crippen LogP contribution in [-0.2, 0) is 0 Å². The molecule has 1 unspecified atom stereocenters. The third-order valence-corrected chi connectivity index (χ3v) is 3.30. The number of nitrogens with one attached hydrogen (secondary N) is 1. The van der Waals surface area contributed by atoms with Crippen molar-refractivity contribution in [1.29, 1.82) is 0 Å². The molecule has 2 aromatic carbocycles. The van der Waals surface area contributed by atoms with Crippen molar-refractivity contribution in [3.63, 3.8) is 0 Å². The Morgan fingerprint density at radius 3 is 2.45 bits per heavy atom. The van der Waals surface area contributed by atoms with E-state index in [4.69, 9.17) is 23.1 Å². The number of hydrogen-bond donors (Lipinski definition) is 3. The summed E-state index contributed by atoms with van der Waals surface area (Å²) in [6.07, 6.45) is 0. The van der Waals surface area contributed by atoms with Crippen LogP contribution in [0.5, 0.6) is 0 Å². The summed E-state index contributed by atoms with van der Waals surface area (Å²) in [6.45, 7) is 1.99. The number of rotatable bonds is 4. The van der Waals surface area contributed by atoms with Crippen molar-refractivity contribution >= 4 is 28.9 Å². The summed E-state index contributed by atoms with van der Waals surface area (Å²) in [5.74, 6) is -0.511. The Morgan fingerprint density at radius 2 is 1.85 bits per heavy atom. The maximum absolute atomic E-state index is 11.4. The van der Waals surface area contributed by atoms with Crippen LogP contribution in [0.2, 0.25) is 5.02 Å². The number of primary amides is 1. The van der Waals surface area contributed by atoms with Crippen LogP contribution in [0.3, 0.4) is 0 Å². The largest absolute Gasteiger partial charge is 0.399 e. The lowest BCUT2D eigenvalue weighted by atomic mass is 10.1. The van der Waals surface area contributed by atoms with Crippen LogP contribution in [0.15, 0.2) is 42.5 Å². The Bertz CT molecular complexity index is 626. The standard InChI is InChI=1S/C15H16ClN3O/c1-9(10-2-4-11(16)5-3-10)19-14-7-6-12(17)8-13(14)15(18)20/h2-9,19H,17H2,1H3,(H2,18,20). The van der Waals surface area contributed by atoms with E-state index in [9.17, 15) is 4.79 Å². The van der Waals surface area contributed by atoms with Crippen molar-refractivity contribution < 1.29 is 4.79 Å². The molecule has 0 saturated carbocycles. The van der Waals surface area contributed by atoms with Crippen molar-refractivity contribution in [3.05, 3.63) is 58.6 Å². The Balaban J connectivity index is 2.25. The molecule has 0 radical (unpaired) electrons. The maximum atomic E-state index is 11.4. The van der Waals surface area contributed by atoms with E-state index in [1.54, 1.807) is 18.2 Å². The third-order valence-electron chi connectivity index (χ3n) is 3.05. The van der Waals surface area contributed by atoms with Crippen LogP contribution < -0.4 is 16.8 Å². The van der Waals surface area contributed by atoms with Crippen LogP contribution in [0.1, 0.15) is 28.9 Å². The molecule has 4 nitrogen and oxygen atoms in total. The van der Waals surface area contributed by atoms with Crippen LogP contribution >= 0.6 is 11.6 Å². The highest BCUT2D eigenvalue weighted by atomic mass is 35.5. The van der Waals surface area contributed by atoms with Gasteiger partial charge in [-0.05, 0) is 42.8 Å². The molecular weight excluding hydrogens is 274 g/mol. The molecule has 2 aromatic rings. The summed E-state index contributed by atoms with van der Waals surface area (Å²) < 4.78 is 0. The van der Waals surface area contributed by atoms with Gasteiger partial charge in [-0.1, -0.05) is 23.7 Å². The average Bonchev–Trinajstić information content (AvgIpc) is 2.41. The summed E-state index contributed by atoms with van der Waals surface area (Å²) in [5.41, 5.74) is 13.6. The summed E-state index contributed by atoms with van der Waals surface area (Å²) >= 11 is 5.87. The molecule has 0 aliphatic rings. The first-order chi connectivity index (χ1) is 9.47. The molecule has 5 N–H and O–H groups in total. The van der Waals surface area contributed by atoms with Gasteiger partial charge >= 0.3 is 0 Å². The smallest absolute Gasteiger partial charge is 0.250 e. The highest BCUT2D eigenvalue weighted by molar-refractivity contribution is 6.30. The topological polar surface area (TPSA) is 81.1 Å². The second-order valence-corrected chi connectivity index (χ2v) is 5.02. The molecule has 1 atom stereocenters. The number of benzene rings is 2. The lowest BCUT2D eigenvalue weighted by Gasteiger charge is -2.18. The first-order valence-electron chi connectivity index (χ1n) is 6.18. The Labute approximate surface area is 122 Å². The number of halogens is 1. The van der Waals surface area contributed by atoms with E-state index in [-0.39, 0.29) is 6.04 Å². The van der Waals surface area contributed by atoms with Crippen molar-refractivity contribution in [2.45, 2.75) is 13.0 Å². The second-order valence-electron chi connectivity index (χ2n) is 4.59. The first-order valence-corrected chi connectivity index (χ1v) is 6.56. The molecular formula is C15H16ClN3O. The maximum Gasteiger partial charge on any atom is 0.250 e. The zero-order chi connectivity index (χ0) is 14.7. The molecule has 0 aromatic heterocycles. The summed E-state index contributed by atoms with van der Waals surface area (Å²) in [7, 11) is 0. The predicted molar refractivity (Wildman–Crippen MR) is 82.9 cm³/mol. The van der Waals surface area contributed by atoms with Crippen LogP contribution in [0.4, 0.5) is 11.4 Å². The zero-order valence-electron chi connectivity index (χ0n) is 11.1. The minimum Gasteiger partial charge on any atom is -0.399 e. The number of amides is 1. The monoisotopic (exact) mass is 289 g/mol. The minimum atomic E-state index is -0.511. The van der Waals surface area contributed by atoms with E-state index >= 15 is 0 Å². The minimum absolute atomic E-state index is 0.00833. The van der Waals surface area contributed by atoms with E-state index in [1.165, 1.54) is 0 Å². The number of hydrogen-bond acceptors (Lipinski definition) is 3. The molecule has 0 spiro atoms. The highest BCUT2D eigenvalue weighted by Gasteiger charge is 2.12. The fourth-order valence-electron chi connectivity index (χ4n) is 1.96. The van der Waals surface area contributed by atoms with E-state index in [2.05, 4.69) is 5.32 Å². The van der Waals surface area contributed by atoms with Gasteiger partial charge in [0.05, 0.1) is 5.56 Å². The van der Waals surface area contributed by atoms with Crippen LogP contribution in [0.25, 0.3) is 0 Å².